The zero-order chi connectivity index (χ0) is 15.4. The molecule has 0 bridgehead atoms. The maximum absolute atomic E-state index is 5.87. The highest BCUT2D eigenvalue weighted by atomic mass is 32.1. The van der Waals surface area contributed by atoms with E-state index in [1.165, 1.54) is 32.4 Å². The van der Waals surface area contributed by atoms with E-state index in [-0.39, 0.29) is 0 Å². The second-order valence-corrected chi connectivity index (χ2v) is 6.51. The molecule has 1 atom stereocenters. The van der Waals surface area contributed by atoms with Crippen LogP contribution in [0.2, 0.25) is 0 Å². The zero-order valence-corrected chi connectivity index (χ0v) is 14.1. The molecular weight excluding hydrogens is 280 g/mol. The molecule has 0 saturated carbocycles. The van der Waals surface area contributed by atoms with Crippen molar-refractivity contribution in [3.05, 3.63) is 22.9 Å². The molecule has 0 radical (unpaired) electrons. The number of likely N-dealkylation sites (tertiary alicyclic amines) is 1. The van der Waals surface area contributed by atoms with Gasteiger partial charge >= 0.3 is 0 Å². The molecule has 0 aromatic carbocycles. The highest BCUT2D eigenvalue weighted by Gasteiger charge is 2.17. The van der Waals surface area contributed by atoms with E-state index >= 15 is 0 Å². The number of anilines is 1. The number of rotatable bonds is 5. The lowest BCUT2D eigenvalue weighted by molar-refractivity contribution is 0.223. The molecule has 1 fully saturated rings. The van der Waals surface area contributed by atoms with Crippen LogP contribution in [0.25, 0.3) is 0 Å². The monoisotopic (exact) mass is 306 g/mol. The van der Waals surface area contributed by atoms with Crippen LogP contribution in [0.4, 0.5) is 5.82 Å². The van der Waals surface area contributed by atoms with Gasteiger partial charge in [-0.3, -0.25) is 0 Å². The van der Waals surface area contributed by atoms with Crippen LogP contribution in [-0.4, -0.2) is 40.5 Å². The van der Waals surface area contributed by atoms with Gasteiger partial charge in [-0.25, -0.2) is 4.98 Å². The molecule has 1 unspecified atom stereocenters. The van der Waals surface area contributed by atoms with Crippen LogP contribution >= 0.6 is 12.2 Å². The van der Waals surface area contributed by atoms with Gasteiger partial charge < -0.3 is 16.0 Å². The van der Waals surface area contributed by atoms with Gasteiger partial charge in [0.15, 0.2) is 0 Å². The summed E-state index contributed by atoms with van der Waals surface area (Å²) in [5.74, 6) is 0.824. The molecule has 21 heavy (non-hydrogen) atoms. The van der Waals surface area contributed by atoms with Crippen LogP contribution in [-0.2, 0) is 0 Å². The molecule has 116 valence electrons. The summed E-state index contributed by atoms with van der Waals surface area (Å²) in [7, 11) is 0. The average Bonchev–Trinajstić information content (AvgIpc) is 2.38. The van der Waals surface area contributed by atoms with Gasteiger partial charge in [-0.05, 0) is 58.3 Å². The number of aryl methyl sites for hydroxylation is 2. The first-order chi connectivity index (χ1) is 9.97. The lowest BCUT2D eigenvalue weighted by atomic mass is 10.1. The van der Waals surface area contributed by atoms with Gasteiger partial charge in [0, 0.05) is 18.3 Å². The maximum atomic E-state index is 5.87. The minimum absolute atomic E-state index is 0.324. The predicted octanol–water partition coefficient (Wildman–Crippen LogP) is 2.62. The molecule has 0 amide bonds. The van der Waals surface area contributed by atoms with Gasteiger partial charge in [0.05, 0.1) is 5.56 Å². The first-order valence-corrected chi connectivity index (χ1v) is 8.15. The molecule has 1 aromatic heterocycles. The van der Waals surface area contributed by atoms with Crippen molar-refractivity contribution in [2.75, 3.05) is 25.0 Å². The van der Waals surface area contributed by atoms with Crippen molar-refractivity contribution in [3.63, 3.8) is 0 Å². The Kier molecular flexibility index (Phi) is 5.53. The number of nitrogens with one attached hydrogen (secondary N) is 1. The van der Waals surface area contributed by atoms with Crippen molar-refractivity contribution >= 4 is 23.0 Å². The summed E-state index contributed by atoms with van der Waals surface area (Å²) in [6.07, 6.45) is 3.99. The molecule has 1 aliphatic rings. The van der Waals surface area contributed by atoms with Crippen LogP contribution in [0.5, 0.6) is 0 Å². The van der Waals surface area contributed by atoms with E-state index in [4.69, 9.17) is 18.0 Å². The smallest absolute Gasteiger partial charge is 0.137 e. The van der Waals surface area contributed by atoms with Crippen molar-refractivity contribution in [3.8, 4) is 0 Å². The molecule has 0 aliphatic carbocycles. The summed E-state index contributed by atoms with van der Waals surface area (Å²) in [5.41, 5.74) is 8.81. The minimum atomic E-state index is 0.324. The normalized spacial score (nSPS) is 17.5. The molecule has 0 spiro atoms. The number of nitrogens with two attached hydrogens (primary N) is 1. The van der Waals surface area contributed by atoms with E-state index in [9.17, 15) is 0 Å². The second-order valence-electron chi connectivity index (χ2n) is 6.08. The topological polar surface area (TPSA) is 54.2 Å². The van der Waals surface area contributed by atoms with E-state index in [1.54, 1.807) is 0 Å². The molecule has 4 nitrogen and oxygen atoms in total. The first kappa shape index (κ1) is 16.2. The van der Waals surface area contributed by atoms with Crippen LogP contribution in [0.3, 0.4) is 0 Å². The van der Waals surface area contributed by atoms with Crippen molar-refractivity contribution in [1.82, 2.24) is 9.88 Å². The summed E-state index contributed by atoms with van der Waals surface area (Å²) >= 11 is 5.18. The Morgan fingerprint density at radius 2 is 2.05 bits per heavy atom. The number of nitrogens with zero attached hydrogens (tertiary/aromatic N) is 2. The number of thiocarbonyl (C=S) groups is 1. The molecule has 2 rings (SSSR count). The number of piperidine rings is 1. The molecular formula is C16H26N4S. The minimum Gasteiger partial charge on any atom is -0.389 e. The standard InChI is InChI=1S/C16H26N4S/c1-11-9-12(2)18-16(14(11)15(17)21)19-13(3)10-20-7-5-4-6-8-20/h9,13H,4-8,10H2,1-3H3,(H2,17,21)(H,18,19). The summed E-state index contributed by atoms with van der Waals surface area (Å²) in [5, 5.41) is 3.50. The van der Waals surface area contributed by atoms with E-state index in [2.05, 4.69) is 22.1 Å². The van der Waals surface area contributed by atoms with Gasteiger partial charge in [-0.2, -0.15) is 0 Å². The highest BCUT2D eigenvalue weighted by molar-refractivity contribution is 7.80. The fourth-order valence-electron chi connectivity index (χ4n) is 3.06. The third kappa shape index (κ3) is 4.38. The van der Waals surface area contributed by atoms with Gasteiger partial charge in [-0.15, -0.1) is 0 Å². The van der Waals surface area contributed by atoms with Gasteiger partial charge in [0.2, 0.25) is 0 Å². The Bertz CT molecular complexity index is 509. The van der Waals surface area contributed by atoms with E-state index in [0.29, 0.717) is 11.0 Å². The van der Waals surface area contributed by atoms with Gasteiger partial charge in [0.1, 0.15) is 10.8 Å². The Hall–Kier alpha value is -1.20. The fourth-order valence-corrected chi connectivity index (χ4v) is 3.32. The molecule has 2 heterocycles. The largest absolute Gasteiger partial charge is 0.389 e. The van der Waals surface area contributed by atoms with Crippen molar-refractivity contribution in [2.45, 2.75) is 46.1 Å². The quantitative estimate of drug-likeness (QED) is 0.819. The van der Waals surface area contributed by atoms with Gasteiger partial charge in [-0.1, -0.05) is 18.6 Å². The molecule has 5 heteroatoms. The third-order valence-electron chi connectivity index (χ3n) is 3.95. The highest BCUT2D eigenvalue weighted by Crippen LogP contribution is 2.20. The lowest BCUT2D eigenvalue weighted by Crippen LogP contribution is -2.38. The van der Waals surface area contributed by atoms with Crippen molar-refractivity contribution in [2.24, 2.45) is 5.73 Å². The maximum Gasteiger partial charge on any atom is 0.137 e. The van der Waals surface area contributed by atoms with E-state index in [0.717, 1.165) is 29.2 Å². The van der Waals surface area contributed by atoms with Crippen molar-refractivity contribution in [1.29, 1.82) is 0 Å². The summed E-state index contributed by atoms with van der Waals surface area (Å²) < 4.78 is 0. The van der Waals surface area contributed by atoms with Crippen LogP contribution in [0.15, 0.2) is 6.07 Å². The molecule has 3 N–H and O–H groups in total. The zero-order valence-electron chi connectivity index (χ0n) is 13.3. The van der Waals surface area contributed by atoms with Crippen molar-refractivity contribution < 1.29 is 0 Å². The lowest BCUT2D eigenvalue weighted by Gasteiger charge is -2.30. The van der Waals surface area contributed by atoms with E-state index in [1.807, 2.05) is 19.9 Å². The summed E-state index contributed by atoms with van der Waals surface area (Å²) in [6.45, 7) is 9.66. The number of hydrogen-bond donors (Lipinski definition) is 2. The fraction of sp³-hybridized carbons (Fsp3) is 0.625. The Labute approximate surface area is 133 Å². The number of hydrogen-bond acceptors (Lipinski definition) is 4. The second kappa shape index (κ2) is 7.18. The van der Waals surface area contributed by atoms with Crippen LogP contribution in [0.1, 0.15) is 43.0 Å². The summed E-state index contributed by atoms with van der Waals surface area (Å²) in [6, 6.07) is 2.35. The Balaban J connectivity index is 2.08. The van der Waals surface area contributed by atoms with Gasteiger partial charge in [0.25, 0.3) is 0 Å². The van der Waals surface area contributed by atoms with Crippen LogP contribution in [0, 0.1) is 13.8 Å². The first-order valence-electron chi connectivity index (χ1n) is 7.74. The number of aromatic nitrogens is 1. The molecule has 1 aliphatic heterocycles. The molecule has 1 aromatic rings. The Morgan fingerprint density at radius 3 is 2.67 bits per heavy atom. The SMILES string of the molecule is Cc1cc(C)c(C(N)=S)c(NC(C)CN2CCCCC2)n1. The summed E-state index contributed by atoms with van der Waals surface area (Å²) in [4.78, 5) is 7.52. The average molecular weight is 306 g/mol. The number of pyridine rings is 1. The Morgan fingerprint density at radius 1 is 1.38 bits per heavy atom. The van der Waals surface area contributed by atoms with E-state index < -0.39 is 0 Å². The predicted molar refractivity (Wildman–Crippen MR) is 93.0 cm³/mol. The molecule has 1 saturated heterocycles. The third-order valence-corrected chi connectivity index (χ3v) is 4.16. The van der Waals surface area contributed by atoms with Crippen LogP contribution < -0.4 is 11.1 Å².